The quantitative estimate of drug-likeness (QED) is 0.497. The zero-order valence-electron chi connectivity index (χ0n) is 21.1. The minimum Gasteiger partial charge on any atom is -0.381 e. The molecule has 0 amide bonds. The summed E-state index contributed by atoms with van der Waals surface area (Å²) < 4.78 is 7.31. The van der Waals surface area contributed by atoms with Crippen LogP contribution in [0.15, 0.2) is 35.6 Å². The van der Waals surface area contributed by atoms with Crippen LogP contribution in [0.4, 0.5) is 11.6 Å². The molecule has 7 heteroatoms. The number of fused-ring (bicyclic) bond motifs is 2. The summed E-state index contributed by atoms with van der Waals surface area (Å²) in [6, 6.07) is 6.76. The van der Waals surface area contributed by atoms with E-state index in [1.807, 2.05) is 16.9 Å². The first kappa shape index (κ1) is 22.7. The van der Waals surface area contributed by atoms with Crippen molar-refractivity contribution >= 4 is 22.9 Å². The van der Waals surface area contributed by atoms with E-state index in [4.69, 9.17) is 19.8 Å². The largest absolute Gasteiger partial charge is 0.381 e. The minimum absolute atomic E-state index is 0.441. The maximum absolute atomic E-state index is 5.39. The number of hydrogen-bond donors (Lipinski definition) is 1. The van der Waals surface area contributed by atoms with Crippen LogP contribution in [-0.4, -0.2) is 44.5 Å². The number of aliphatic imine (C=N–C) groups is 1. The Morgan fingerprint density at radius 1 is 1.14 bits per heavy atom. The van der Waals surface area contributed by atoms with Crippen molar-refractivity contribution in [3.63, 3.8) is 0 Å². The van der Waals surface area contributed by atoms with Crippen molar-refractivity contribution in [2.45, 2.75) is 65.3 Å². The van der Waals surface area contributed by atoms with Crippen LogP contribution in [0.5, 0.6) is 0 Å². The third-order valence-electron chi connectivity index (χ3n) is 8.34. The van der Waals surface area contributed by atoms with E-state index in [1.54, 1.807) is 0 Å². The second kappa shape index (κ2) is 9.34. The maximum Gasteiger partial charge on any atom is 0.241 e. The first-order valence-corrected chi connectivity index (χ1v) is 13.3. The average molecular weight is 473 g/mol. The Balaban J connectivity index is 1.21. The van der Waals surface area contributed by atoms with Crippen LogP contribution in [0.1, 0.15) is 58.6 Å². The third-order valence-corrected chi connectivity index (χ3v) is 8.34. The molecule has 3 aromatic rings. The molecule has 1 N–H and O–H groups in total. The first-order valence-electron chi connectivity index (χ1n) is 13.3. The molecule has 3 aromatic heterocycles. The van der Waals surface area contributed by atoms with Gasteiger partial charge in [0.1, 0.15) is 0 Å². The van der Waals surface area contributed by atoms with E-state index in [1.165, 1.54) is 37.8 Å². The van der Waals surface area contributed by atoms with Gasteiger partial charge < -0.3 is 10.1 Å². The van der Waals surface area contributed by atoms with Crippen molar-refractivity contribution in [1.29, 1.82) is 0 Å². The molecule has 0 aromatic carbocycles. The number of nitrogens with zero attached hydrogens (tertiary/aromatic N) is 5. The molecule has 2 fully saturated rings. The maximum atomic E-state index is 5.39. The van der Waals surface area contributed by atoms with Crippen molar-refractivity contribution in [3.05, 3.63) is 36.3 Å². The summed E-state index contributed by atoms with van der Waals surface area (Å²) in [5.41, 5.74) is 6.34. The molecule has 1 aliphatic carbocycles. The number of nitrogens with one attached hydrogen (secondary N) is 1. The molecular formula is C28H36N6O. The summed E-state index contributed by atoms with van der Waals surface area (Å²) in [7, 11) is 0. The molecule has 184 valence electrons. The van der Waals surface area contributed by atoms with E-state index in [0.717, 1.165) is 53.7 Å². The van der Waals surface area contributed by atoms with Gasteiger partial charge in [-0.25, -0.2) is 9.50 Å². The number of pyridine rings is 1. The molecule has 0 spiro atoms. The Morgan fingerprint density at radius 2 is 1.97 bits per heavy atom. The van der Waals surface area contributed by atoms with Gasteiger partial charge in [0.25, 0.3) is 0 Å². The van der Waals surface area contributed by atoms with Gasteiger partial charge in [0, 0.05) is 41.8 Å². The first-order chi connectivity index (χ1) is 17.0. The van der Waals surface area contributed by atoms with Gasteiger partial charge in [-0.2, -0.15) is 0 Å². The fraction of sp³-hybridized carbons (Fsp3) is 0.571. The summed E-state index contributed by atoms with van der Waals surface area (Å²) in [5.74, 6) is 3.26. The fourth-order valence-electron chi connectivity index (χ4n) is 6.02. The lowest BCUT2D eigenvalue weighted by Gasteiger charge is -2.33. The molecule has 5 heterocycles. The predicted octanol–water partition coefficient (Wildman–Crippen LogP) is 5.72. The predicted molar refractivity (Wildman–Crippen MR) is 139 cm³/mol. The highest BCUT2D eigenvalue weighted by Gasteiger charge is 2.30. The van der Waals surface area contributed by atoms with E-state index in [9.17, 15) is 0 Å². The lowest BCUT2D eigenvalue weighted by molar-refractivity contribution is -0.0433. The van der Waals surface area contributed by atoms with Gasteiger partial charge in [-0.3, -0.25) is 9.98 Å². The molecule has 2 aliphatic heterocycles. The van der Waals surface area contributed by atoms with E-state index < -0.39 is 0 Å². The van der Waals surface area contributed by atoms with Crippen LogP contribution in [0, 0.1) is 23.7 Å². The SMILES string of the molecule is CC1=Nc2ccc(-c3ccn4nc(NC5CCC(C)CC5)ncc34)nc2C[C@@H]1[C@H](C)CC1COC1. The fourth-order valence-corrected chi connectivity index (χ4v) is 6.02. The van der Waals surface area contributed by atoms with Crippen molar-refractivity contribution < 1.29 is 4.74 Å². The standard InChI is InChI=1S/C28H36N6O/c1-17-4-6-21(7-5-17)31-28-29-14-27-22(10-11-34(27)33-28)24-8-9-25-26(32-24)13-23(19(3)30-25)18(2)12-20-15-35-16-20/h8-11,14,17-18,20-21,23H,4-7,12-13,15-16H2,1-3H3,(H,31,33)/t17?,18-,21?,23-/m1/s1. The monoisotopic (exact) mass is 472 g/mol. The molecule has 0 radical (unpaired) electrons. The number of anilines is 1. The van der Waals surface area contributed by atoms with E-state index >= 15 is 0 Å². The second-order valence-corrected chi connectivity index (χ2v) is 11.1. The molecule has 6 rings (SSSR count). The zero-order chi connectivity index (χ0) is 23.9. The summed E-state index contributed by atoms with van der Waals surface area (Å²) in [6.45, 7) is 8.69. The van der Waals surface area contributed by atoms with Crippen LogP contribution in [0.25, 0.3) is 16.8 Å². The highest BCUT2D eigenvalue weighted by atomic mass is 16.5. The summed E-state index contributed by atoms with van der Waals surface area (Å²) in [5, 5.41) is 8.29. The summed E-state index contributed by atoms with van der Waals surface area (Å²) in [4.78, 5) is 14.7. The lowest BCUT2D eigenvalue weighted by atomic mass is 9.79. The van der Waals surface area contributed by atoms with E-state index in [0.29, 0.717) is 29.7 Å². The lowest BCUT2D eigenvalue weighted by Crippen LogP contribution is -2.33. The molecule has 3 aliphatic rings. The van der Waals surface area contributed by atoms with Gasteiger partial charge in [0.15, 0.2) is 0 Å². The highest BCUT2D eigenvalue weighted by Crippen LogP contribution is 2.36. The molecule has 35 heavy (non-hydrogen) atoms. The molecule has 1 saturated carbocycles. The summed E-state index contributed by atoms with van der Waals surface area (Å²) in [6.07, 6.45) is 11.0. The van der Waals surface area contributed by atoms with Crippen LogP contribution in [0.2, 0.25) is 0 Å². The Hall–Kier alpha value is -2.80. The van der Waals surface area contributed by atoms with Crippen LogP contribution in [0.3, 0.4) is 0 Å². The summed E-state index contributed by atoms with van der Waals surface area (Å²) >= 11 is 0. The Kier molecular flexibility index (Phi) is 6.04. The number of ether oxygens (including phenoxy) is 1. The van der Waals surface area contributed by atoms with Crippen molar-refractivity contribution in [1.82, 2.24) is 19.6 Å². The third kappa shape index (κ3) is 4.58. The van der Waals surface area contributed by atoms with Gasteiger partial charge in [-0.05, 0) is 69.1 Å². The smallest absolute Gasteiger partial charge is 0.241 e. The van der Waals surface area contributed by atoms with Gasteiger partial charge in [0.05, 0.1) is 42.0 Å². The highest BCUT2D eigenvalue weighted by molar-refractivity contribution is 5.89. The van der Waals surface area contributed by atoms with Gasteiger partial charge in [0.2, 0.25) is 5.95 Å². The Bertz CT molecular complexity index is 1240. The number of aromatic nitrogens is 4. The van der Waals surface area contributed by atoms with E-state index in [-0.39, 0.29) is 0 Å². The Labute approximate surface area is 207 Å². The van der Waals surface area contributed by atoms with Gasteiger partial charge in [-0.15, -0.1) is 5.10 Å². The van der Waals surface area contributed by atoms with Crippen molar-refractivity contribution in [2.75, 3.05) is 18.5 Å². The van der Waals surface area contributed by atoms with Gasteiger partial charge >= 0.3 is 0 Å². The van der Waals surface area contributed by atoms with E-state index in [2.05, 4.69) is 49.3 Å². The second-order valence-electron chi connectivity index (χ2n) is 11.1. The molecular weight excluding hydrogens is 436 g/mol. The normalized spacial score (nSPS) is 25.6. The average Bonchev–Trinajstić information content (AvgIpc) is 3.25. The minimum atomic E-state index is 0.441. The van der Waals surface area contributed by atoms with Crippen molar-refractivity contribution in [2.24, 2.45) is 28.7 Å². The van der Waals surface area contributed by atoms with Crippen molar-refractivity contribution in [3.8, 4) is 11.3 Å². The van der Waals surface area contributed by atoms with Crippen LogP contribution < -0.4 is 5.32 Å². The topological polar surface area (TPSA) is 76.7 Å². The number of hydrogen-bond acceptors (Lipinski definition) is 6. The molecule has 7 nitrogen and oxygen atoms in total. The molecule has 1 saturated heterocycles. The van der Waals surface area contributed by atoms with Gasteiger partial charge in [-0.1, -0.05) is 13.8 Å². The molecule has 2 atom stereocenters. The number of rotatable bonds is 6. The van der Waals surface area contributed by atoms with Crippen LogP contribution in [-0.2, 0) is 11.2 Å². The van der Waals surface area contributed by atoms with Crippen LogP contribution >= 0.6 is 0 Å². The zero-order valence-corrected chi connectivity index (χ0v) is 21.1. The Morgan fingerprint density at radius 3 is 2.74 bits per heavy atom. The molecule has 0 unspecified atom stereocenters. The molecule has 0 bridgehead atoms.